The van der Waals surface area contributed by atoms with E-state index in [-0.39, 0.29) is 12.5 Å². The summed E-state index contributed by atoms with van der Waals surface area (Å²) in [6.07, 6.45) is -1.67. The second kappa shape index (κ2) is 3.91. The quantitative estimate of drug-likeness (QED) is 0.357. The van der Waals surface area contributed by atoms with Crippen molar-refractivity contribution in [1.82, 2.24) is 5.32 Å². The van der Waals surface area contributed by atoms with Crippen molar-refractivity contribution in [2.75, 3.05) is 6.61 Å². The van der Waals surface area contributed by atoms with Crippen molar-refractivity contribution in [3.63, 3.8) is 0 Å². The summed E-state index contributed by atoms with van der Waals surface area (Å²) in [5, 5.41) is 28.9. The van der Waals surface area contributed by atoms with Crippen LogP contribution in [-0.4, -0.2) is 46.2 Å². The molecule has 0 aliphatic heterocycles. The first-order valence-electron chi connectivity index (χ1n) is 4.10. The molecule has 0 aromatic heterocycles. The van der Waals surface area contributed by atoms with E-state index in [1.54, 1.807) is 0 Å². The van der Waals surface area contributed by atoms with Crippen molar-refractivity contribution in [3.05, 3.63) is 0 Å². The average molecular weight is 190 g/mol. The van der Waals surface area contributed by atoms with Gasteiger partial charge in [-0.1, -0.05) is 0 Å². The summed E-state index contributed by atoms with van der Waals surface area (Å²) in [6, 6.07) is -1.10. The molecule has 0 aromatic rings. The molecule has 76 valence electrons. The number of nitrogens with two attached hydrogens (primary N) is 1. The predicted molar refractivity (Wildman–Crippen MR) is 44.1 cm³/mol. The summed E-state index contributed by atoms with van der Waals surface area (Å²) in [6.45, 7) is -0.174. The first-order valence-corrected chi connectivity index (χ1v) is 4.10. The fraction of sp³-hybridized carbons (Fsp3) is 0.857. The van der Waals surface area contributed by atoms with Crippen LogP contribution in [0.3, 0.4) is 0 Å². The summed E-state index contributed by atoms with van der Waals surface area (Å²) < 4.78 is 0. The Morgan fingerprint density at radius 1 is 1.62 bits per heavy atom. The smallest absolute Gasteiger partial charge is 0.405 e. The first kappa shape index (κ1) is 10.2. The monoisotopic (exact) mass is 190 g/mol. The van der Waals surface area contributed by atoms with E-state index >= 15 is 0 Å². The van der Waals surface area contributed by atoms with Gasteiger partial charge >= 0.3 is 6.09 Å². The Kier molecular flexibility index (Phi) is 3.07. The molecule has 0 bridgehead atoms. The van der Waals surface area contributed by atoms with Gasteiger partial charge < -0.3 is 26.4 Å². The van der Waals surface area contributed by atoms with Crippen molar-refractivity contribution in [1.29, 1.82) is 0 Å². The summed E-state index contributed by atoms with van der Waals surface area (Å²) >= 11 is 0. The highest BCUT2D eigenvalue weighted by Gasteiger charge is 2.40. The zero-order chi connectivity index (χ0) is 10.0. The molecule has 1 aliphatic carbocycles. The van der Waals surface area contributed by atoms with Crippen molar-refractivity contribution < 1.29 is 20.1 Å². The standard InChI is InChI=1S/C7H14N2O4/c8-4-1-3(2-10)6(11)5(4)9-7(12)13/h3-6,9-11H,1-2,8H2,(H,12,13)/t3-,4-,5+,6-/m1/s1. The molecule has 6 N–H and O–H groups in total. The summed E-state index contributed by atoms with van der Waals surface area (Å²) in [5.41, 5.74) is 5.59. The summed E-state index contributed by atoms with van der Waals surface area (Å²) in [7, 11) is 0. The van der Waals surface area contributed by atoms with Gasteiger partial charge in [-0.2, -0.15) is 0 Å². The normalized spacial score (nSPS) is 39.0. The minimum atomic E-state index is -1.21. The van der Waals surface area contributed by atoms with Gasteiger partial charge in [-0.3, -0.25) is 0 Å². The fourth-order valence-corrected chi connectivity index (χ4v) is 1.70. The maximum Gasteiger partial charge on any atom is 0.405 e. The lowest BCUT2D eigenvalue weighted by Crippen LogP contribution is -2.49. The zero-order valence-electron chi connectivity index (χ0n) is 7.05. The Hall–Kier alpha value is -0.850. The van der Waals surface area contributed by atoms with E-state index < -0.39 is 24.3 Å². The Bertz CT molecular complexity index is 199. The lowest BCUT2D eigenvalue weighted by Gasteiger charge is -2.19. The molecule has 1 rings (SSSR count). The lowest BCUT2D eigenvalue weighted by atomic mass is 10.1. The minimum absolute atomic E-state index is 0.174. The number of aliphatic hydroxyl groups excluding tert-OH is 2. The van der Waals surface area contributed by atoms with Crippen LogP contribution in [0, 0.1) is 5.92 Å². The summed E-state index contributed by atoms with van der Waals surface area (Å²) in [4.78, 5) is 10.3. The van der Waals surface area contributed by atoms with Crippen LogP contribution in [0.1, 0.15) is 6.42 Å². The molecule has 6 nitrogen and oxygen atoms in total. The molecule has 1 fully saturated rings. The Balaban J connectivity index is 2.58. The van der Waals surface area contributed by atoms with Crippen LogP contribution in [0.2, 0.25) is 0 Å². The molecule has 0 radical (unpaired) electrons. The molecule has 0 saturated heterocycles. The zero-order valence-corrected chi connectivity index (χ0v) is 7.05. The number of aliphatic hydroxyl groups is 2. The van der Waals surface area contributed by atoms with Gasteiger partial charge in [-0.25, -0.2) is 4.79 Å². The van der Waals surface area contributed by atoms with Crippen LogP contribution < -0.4 is 11.1 Å². The largest absolute Gasteiger partial charge is 0.465 e. The maximum atomic E-state index is 10.3. The Morgan fingerprint density at radius 2 is 2.23 bits per heavy atom. The molecule has 1 amide bonds. The third-order valence-electron chi connectivity index (χ3n) is 2.41. The molecular formula is C7H14N2O4. The molecule has 1 aliphatic rings. The Morgan fingerprint density at radius 3 is 2.62 bits per heavy atom. The highest BCUT2D eigenvalue weighted by molar-refractivity contribution is 5.65. The molecule has 0 aromatic carbocycles. The number of nitrogens with one attached hydrogen (secondary N) is 1. The van der Waals surface area contributed by atoms with Gasteiger partial charge in [0.2, 0.25) is 0 Å². The van der Waals surface area contributed by atoms with Gasteiger partial charge in [0.05, 0.1) is 12.1 Å². The van der Waals surface area contributed by atoms with E-state index in [1.807, 2.05) is 0 Å². The molecular weight excluding hydrogens is 176 g/mol. The molecule has 0 heterocycles. The predicted octanol–water partition coefficient (Wildman–Crippen LogP) is -1.68. The van der Waals surface area contributed by atoms with Crippen molar-refractivity contribution in [2.45, 2.75) is 24.6 Å². The lowest BCUT2D eigenvalue weighted by molar-refractivity contribution is 0.0711. The number of carbonyl (C=O) groups is 1. The van der Waals surface area contributed by atoms with Gasteiger partial charge in [0, 0.05) is 18.6 Å². The second-order valence-electron chi connectivity index (χ2n) is 3.31. The first-order chi connectivity index (χ1) is 6.06. The van der Waals surface area contributed by atoms with E-state index in [0.29, 0.717) is 6.42 Å². The van der Waals surface area contributed by atoms with E-state index in [2.05, 4.69) is 5.32 Å². The summed E-state index contributed by atoms with van der Waals surface area (Å²) in [5.74, 6) is -0.327. The van der Waals surface area contributed by atoms with E-state index in [0.717, 1.165) is 0 Å². The number of rotatable bonds is 2. The fourth-order valence-electron chi connectivity index (χ4n) is 1.70. The Labute approximate surface area is 75.4 Å². The van der Waals surface area contributed by atoms with Gasteiger partial charge in [0.1, 0.15) is 0 Å². The second-order valence-corrected chi connectivity index (χ2v) is 3.31. The molecule has 13 heavy (non-hydrogen) atoms. The van der Waals surface area contributed by atoms with Crippen molar-refractivity contribution in [2.24, 2.45) is 11.7 Å². The topological polar surface area (TPSA) is 116 Å². The van der Waals surface area contributed by atoms with Crippen molar-refractivity contribution >= 4 is 6.09 Å². The molecule has 0 unspecified atom stereocenters. The minimum Gasteiger partial charge on any atom is -0.465 e. The molecule has 6 heteroatoms. The van der Waals surface area contributed by atoms with Crippen LogP contribution in [0.5, 0.6) is 0 Å². The number of amides is 1. The number of hydrogen-bond acceptors (Lipinski definition) is 4. The van der Waals surface area contributed by atoms with Crippen LogP contribution in [0.4, 0.5) is 4.79 Å². The van der Waals surface area contributed by atoms with Gasteiger partial charge in [0.25, 0.3) is 0 Å². The van der Waals surface area contributed by atoms with Crippen LogP contribution in [0.25, 0.3) is 0 Å². The average Bonchev–Trinajstić information content (AvgIpc) is 2.31. The van der Waals surface area contributed by atoms with Gasteiger partial charge in [-0.05, 0) is 6.42 Å². The number of carboxylic acid groups (broad SMARTS) is 1. The van der Waals surface area contributed by atoms with E-state index in [1.165, 1.54) is 0 Å². The molecule has 1 saturated carbocycles. The molecule has 4 atom stereocenters. The van der Waals surface area contributed by atoms with Gasteiger partial charge in [-0.15, -0.1) is 0 Å². The van der Waals surface area contributed by atoms with Crippen LogP contribution in [-0.2, 0) is 0 Å². The van der Waals surface area contributed by atoms with E-state index in [9.17, 15) is 9.90 Å². The van der Waals surface area contributed by atoms with Crippen molar-refractivity contribution in [3.8, 4) is 0 Å². The number of hydrogen-bond donors (Lipinski definition) is 5. The highest BCUT2D eigenvalue weighted by Crippen LogP contribution is 2.24. The van der Waals surface area contributed by atoms with Crippen LogP contribution >= 0.6 is 0 Å². The van der Waals surface area contributed by atoms with Gasteiger partial charge in [0.15, 0.2) is 0 Å². The van der Waals surface area contributed by atoms with Crippen LogP contribution in [0.15, 0.2) is 0 Å². The maximum absolute atomic E-state index is 10.3. The van der Waals surface area contributed by atoms with E-state index in [4.69, 9.17) is 15.9 Å². The highest BCUT2D eigenvalue weighted by atomic mass is 16.4. The third kappa shape index (κ3) is 2.09. The SMILES string of the molecule is N[C@@H]1C[C@H](CO)[C@@H](O)[C@H]1NC(=O)O. The third-order valence-corrected chi connectivity index (χ3v) is 2.41. The molecule has 0 spiro atoms.